The third kappa shape index (κ3) is 3.52. The predicted octanol–water partition coefficient (Wildman–Crippen LogP) is 1.81. The van der Waals surface area contributed by atoms with Gasteiger partial charge in [0.2, 0.25) is 5.91 Å². The normalized spacial score (nSPS) is 19.6. The van der Waals surface area contributed by atoms with E-state index in [1.807, 2.05) is 0 Å². The van der Waals surface area contributed by atoms with Crippen molar-refractivity contribution >= 4 is 5.91 Å². The second kappa shape index (κ2) is 6.12. The van der Waals surface area contributed by atoms with E-state index >= 15 is 0 Å². The Labute approximate surface area is 112 Å². The van der Waals surface area contributed by atoms with Gasteiger partial charge in [0.15, 0.2) is 0 Å². The van der Waals surface area contributed by atoms with E-state index in [0.29, 0.717) is 0 Å². The zero-order valence-corrected chi connectivity index (χ0v) is 11.3. The molecule has 0 aromatic heterocycles. The molecule has 1 heterocycles. The van der Waals surface area contributed by atoms with Crippen molar-refractivity contribution < 1.29 is 14.0 Å². The molecular weight excluding hydrogens is 247 g/mol. The van der Waals surface area contributed by atoms with Gasteiger partial charge in [-0.15, -0.1) is 0 Å². The van der Waals surface area contributed by atoms with Crippen molar-refractivity contribution in [2.45, 2.75) is 25.9 Å². The summed E-state index contributed by atoms with van der Waals surface area (Å²) in [4.78, 5) is 18.8. The first-order chi connectivity index (χ1) is 9.10. The molecule has 1 atom stereocenters. The Morgan fingerprint density at radius 2 is 2.16 bits per heavy atom. The van der Waals surface area contributed by atoms with E-state index in [1.165, 1.54) is 31.2 Å². The lowest BCUT2D eigenvalue weighted by Gasteiger charge is -2.25. The van der Waals surface area contributed by atoms with Gasteiger partial charge < -0.3 is 0 Å². The Bertz CT molecular complexity index is 436. The molecular formula is C14H19FN2O2. The fourth-order valence-electron chi connectivity index (χ4n) is 2.53. The van der Waals surface area contributed by atoms with Gasteiger partial charge in [-0.1, -0.05) is 12.1 Å². The number of likely N-dealkylation sites (tertiary alicyclic amines) is 1. The van der Waals surface area contributed by atoms with Crippen LogP contribution >= 0.6 is 0 Å². The van der Waals surface area contributed by atoms with Crippen molar-refractivity contribution in [3.05, 3.63) is 35.6 Å². The molecule has 0 radical (unpaired) electrons. The monoisotopic (exact) mass is 266 g/mol. The predicted molar refractivity (Wildman–Crippen MR) is 69.6 cm³/mol. The molecule has 1 aromatic rings. The molecule has 4 nitrogen and oxygen atoms in total. The molecule has 2 rings (SSSR count). The maximum absolute atomic E-state index is 12.8. The van der Waals surface area contributed by atoms with E-state index in [2.05, 4.69) is 4.90 Å². The number of hydroxylamine groups is 2. The van der Waals surface area contributed by atoms with E-state index in [0.717, 1.165) is 31.6 Å². The Hall–Kier alpha value is -1.46. The van der Waals surface area contributed by atoms with E-state index < -0.39 is 0 Å². The maximum atomic E-state index is 12.8. The lowest BCUT2D eigenvalue weighted by molar-refractivity contribution is -0.184. The summed E-state index contributed by atoms with van der Waals surface area (Å²) in [6, 6.07) is 6.63. The highest BCUT2D eigenvalue weighted by atomic mass is 19.1. The molecule has 104 valence electrons. The Morgan fingerprint density at radius 3 is 2.74 bits per heavy atom. The third-order valence-electron chi connectivity index (χ3n) is 3.41. The minimum Gasteiger partial charge on any atom is -0.297 e. The first kappa shape index (κ1) is 14.0. The summed E-state index contributed by atoms with van der Waals surface area (Å²) in [5.41, 5.74) is 1.08. The topological polar surface area (TPSA) is 32.8 Å². The average Bonchev–Trinajstić information content (AvgIpc) is 2.81. The molecule has 19 heavy (non-hydrogen) atoms. The average molecular weight is 266 g/mol. The number of hydrogen-bond donors (Lipinski definition) is 0. The number of carbonyl (C=O) groups is 1. The van der Waals surface area contributed by atoms with Gasteiger partial charge in [0, 0.05) is 26.6 Å². The van der Waals surface area contributed by atoms with Gasteiger partial charge in [-0.3, -0.25) is 14.5 Å². The number of hydrogen-bond acceptors (Lipinski definition) is 3. The van der Waals surface area contributed by atoms with Gasteiger partial charge in [0.05, 0.1) is 13.2 Å². The van der Waals surface area contributed by atoms with Crippen molar-refractivity contribution in [2.24, 2.45) is 0 Å². The molecule has 0 spiro atoms. The van der Waals surface area contributed by atoms with Crippen LogP contribution in [-0.4, -0.2) is 42.1 Å². The fourth-order valence-corrected chi connectivity index (χ4v) is 2.53. The van der Waals surface area contributed by atoms with Crippen LogP contribution in [0.5, 0.6) is 0 Å². The summed E-state index contributed by atoms with van der Waals surface area (Å²) in [6.07, 6.45) is 0.897. The Morgan fingerprint density at radius 1 is 1.47 bits per heavy atom. The lowest BCUT2D eigenvalue weighted by atomic mass is 10.2. The molecule has 0 N–H and O–H groups in total. The van der Waals surface area contributed by atoms with Crippen LogP contribution in [0, 0.1) is 5.82 Å². The lowest BCUT2D eigenvalue weighted by Crippen LogP contribution is -2.39. The summed E-state index contributed by atoms with van der Waals surface area (Å²) in [7, 11) is 1.52. The van der Waals surface area contributed by atoms with Crippen LogP contribution < -0.4 is 0 Å². The highest BCUT2D eigenvalue weighted by Gasteiger charge is 2.29. The Kier molecular flexibility index (Phi) is 4.50. The number of halogens is 1. The van der Waals surface area contributed by atoms with E-state index in [4.69, 9.17) is 4.84 Å². The van der Waals surface area contributed by atoms with Crippen LogP contribution in [0.4, 0.5) is 4.39 Å². The van der Waals surface area contributed by atoms with Crippen LogP contribution in [0.1, 0.15) is 18.9 Å². The molecule has 0 aliphatic carbocycles. The van der Waals surface area contributed by atoms with Gasteiger partial charge in [0.25, 0.3) is 0 Å². The second-order valence-electron chi connectivity index (χ2n) is 4.83. The zero-order valence-electron chi connectivity index (χ0n) is 11.3. The number of amides is 1. The van der Waals surface area contributed by atoms with Gasteiger partial charge in [0.1, 0.15) is 5.82 Å². The number of rotatable bonds is 4. The highest BCUT2D eigenvalue weighted by Crippen LogP contribution is 2.18. The second-order valence-corrected chi connectivity index (χ2v) is 4.83. The molecule has 0 saturated carbocycles. The number of nitrogens with zero attached hydrogens (tertiary/aromatic N) is 2. The first-order valence-electron chi connectivity index (χ1n) is 6.41. The first-order valence-corrected chi connectivity index (χ1v) is 6.41. The van der Waals surface area contributed by atoms with Crippen LogP contribution in [0.25, 0.3) is 0 Å². The molecule has 1 aliphatic heterocycles. The molecule has 1 amide bonds. The largest absolute Gasteiger partial charge is 0.297 e. The van der Waals surface area contributed by atoms with Crippen molar-refractivity contribution in [3.63, 3.8) is 0 Å². The van der Waals surface area contributed by atoms with Crippen molar-refractivity contribution in [1.82, 2.24) is 9.96 Å². The van der Waals surface area contributed by atoms with E-state index in [1.54, 1.807) is 12.1 Å². The maximum Gasteiger partial charge on any atom is 0.243 e. The quantitative estimate of drug-likeness (QED) is 0.779. The summed E-state index contributed by atoms with van der Waals surface area (Å²) >= 11 is 0. The number of benzene rings is 1. The van der Waals surface area contributed by atoms with Crippen molar-refractivity contribution in [3.8, 4) is 0 Å². The van der Waals surface area contributed by atoms with E-state index in [9.17, 15) is 9.18 Å². The van der Waals surface area contributed by atoms with Crippen LogP contribution in [-0.2, 0) is 16.2 Å². The minimum atomic E-state index is -0.217. The van der Waals surface area contributed by atoms with Crippen LogP contribution in [0.15, 0.2) is 24.3 Å². The molecule has 1 aliphatic rings. The zero-order chi connectivity index (χ0) is 13.8. The molecule has 0 bridgehead atoms. The van der Waals surface area contributed by atoms with Gasteiger partial charge >= 0.3 is 0 Å². The molecule has 1 fully saturated rings. The molecule has 0 unspecified atom stereocenters. The van der Waals surface area contributed by atoms with Crippen LogP contribution in [0.2, 0.25) is 0 Å². The summed E-state index contributed by atoms with van der Waals surface area (Å²) in [5, 5.41) is 1.44. The van der Waals surface area contributed by atoms with E-state index in [-0.39, 0.29) is 17.8 Å². The highest BCUT2D eigenvalue weighted by molar-refractivity contribution is 5.72. The van der Waals surface area contributed by atoms with Gasteiger partial charge in [-0.05, 0) is 24.1 Å². The fraction of sp³-hybridized carbons (Fsp3) is 0.500. The minimum absolute atomic E-state index is 0.0730. The summed E-state index contributed by atoms with van der Waals surface area (Å²) in [5.74, 6) is -0.290. The van der Waals surface area contributed by atoms with Crippen molar-refractivity contribution in [1.29, 1.82) is 0 Å². The van der Waals surface area contributed by atoms with Gasteiger partial charge in [-0.25, -0.2) is 9.45 Å². The summed E-state index contributed by atoms with van der Waals surface area (Å²) < 4.78 is 12.8. The van der Waals surface area contributed by atoms with Gasteiger partial charge in [-0.2, -0.15) is 0 Å². The summed E-state index contributed by atoms with van der Waals surface area (Å²) in [6.45, 7) is 3.97. The SMILES string of the molecule is CON(C(C)=O)[C@H]1CCN(Cc2ccc(F)cc2)C1. The van der Waals surface area contributed by atoms with Crippen LogP contribution in [0.3, 0.4) is 0 Å². The third-order valence-corrected chi connectivity index (χ3v) is 3.41. The molecule has 1 saturated heterocycles. The molecule has 1 aromatic carbocycles. The Balaban J connectivity index is 1.91. The molecule has 5 heteroatoms. The van der Waals surface area contributed by atoms with Crippen molar-refractivity contribution in [2.75, 3.05) is 20.2 Å². The number of carbonyl (C=O) groups excluding carboxylic acids is 1. The smallest absolute Gasteiger partial charge is 0.243 e. The standard InChI is InChI=1S/C14H19FN2O2/c1-11(18)17(19-2)14-7-8-16(10-14)9-12-3-5-13(15)6-4-12/h3-6,14H,7-10H2,1-2H3/t14-/m0/s1.